The molecule has 0 radical (unpaired) electrons. The Hall–Kier alpha value is -2.36. The van der Waals surface area contributed by atoms with Crippen LogP contribution < -0.4 is 5.32 Å². The van der Waals surface area contributed by atoms with Crippen LogP contribution in [-0.4, -0.2) is 43.8 Å². The van der Waals surface area contributed by atoms with Crippen molar-refractivity contribution in [3.05, 3.63) is 18.1 Å². The van der Waals surface area contributed by atoms with E-state index in [1.807, 2.05) is 4.90 Å². The van der Waals surface area contributed by atoms with E-state index in [1.54, 1.807) is 6.92 Å². The molecule has 10 heteroatoms. The number of likely N-dealkylation sites (tertiary alicyclic amines) is 1. The number of thiazole rings is 1. The number of aryl methyl sites for hydroxylation is 1. The average molecular weight is 409 g/mol. The van der Waals surface area contributed by atoms with Crippen molar-refractivity contribution < 1.29 is 18.4 Å². The molecule has 1 N–H and O–H groups in total. The number of imidazole rings is 1. The van der Waals surface area contributed by atoms with Gasteiger partial charge in [-0.3, -0.25) is 14.2 Å². The molecule has 1 aliphatic carbocycles. The Labute approximate surface area is 164 Å². The molecule has 1 saturated carbocycles. The largest absolute Gasteiger partial charge is 0.339 e. The van der Waals surface area contributed by atoms with Gasteiger partial charge in [-0.1, -0.05) is 24.2 Å². The van der Waals surface area contributed by atoms with E-state index >= 15 is 0 Å². The van der Waals surface area contributed by atoms with E-state index in [-0.39, 0.29) is 30.1 Å². The Bertz CT molecular complexity index is 890. The monoisotopic (exact) mass is 409 g/mol. The molecule has 1 atom stereocenters. The van der Waals surface area contributed by atoms with Crippen LogP contribution in [0.25, 0.3) is 10.7 Å². The number of alkyl halides is 2. The van der Waals surface area contributed by atoms with Crippen LogP contribution in [0.15, 0.2) is 12.4 Å². The third-order valence-electron chi connectivity index (χ3n) is 5.40. The van der Waals surface area contributed by atoms with Gasteiger partial charge in [0.1, 0.15) is 0 Å². The number of carbonyl (C=O) groups is 2. The van der Waals surface area contributed by atoms with Gasteiger partial charge in [0.15, 0.2) is 11.0 Å². The first-order valence-corrected chi connectivity index (χ1v) is 10.1. The molecule has 2 aromatic heterocycles. The maximum atomic E-state index is 13.1. The van der Waals surface area contributed by atoms with Crippen LogP contribution in [0.1, 0.15) is 44.3 Å². The fraction of sp³-hybridized carbons (Fsp3) is 0.556. The van der Waals surface area contributed by atoms with Gasteiger partial charge in [0, 0.05) is 31.4 Å². The fourth-order valence-electron chi connectivity index (χ4n) is 3.99. The second-order valence-corrected chi connectivity index (χ2v) is 8.24. The van der Waals surface area contributed by atoms with Crippen LogP contribution in [-0.2, 0) is 9.59 Å². The van der Waals surface area contributed by atoms with Crippen molar-refractivity contribution in [1.82, 2.24) is 19.4 Å². The van der Waals surface area contributed by atoms with Crippen LogP contribution in [0, 0.1) is 12.8 Å². The molecule has 1 unspecified atom stereocenters. The van der Waals surface area contributed by atoms with E-state index in [9.17, 15) is 18.4 Å². The van der Waals surface area contributed by atoms with Gasteiger partial charge in [-0.05, 0) is 19.8 Å². The minimum atomic E-state index is -2.71. The number of hydrogen-bond acceptors (Lipinski definition) is 5. The highest BCUT2D eigenvalue weighted by atomic mass is 32.1. The minimum Gasteiger partial charge on any atom is -0.339 e. The molecule has 7 nitrogen and oxygen atoms in total. The quantitative estimate of drug-likeness (QED) is 0.820. The summed E-state index contributed by atoms with van der Waals surface area (Å²) in [6, 6.07) is 0.257. The first-order valence-electron chi connectivity index (χ1n) is 9.33. The maximum Gasteiger partial charge on any atom is 0.320 e. The van der Waals surface area contributed by atoms with Crippen LogP contribution in [0.5, 0.6) is 0 Å². The van der Waals surface area contributed by atoms with E-state index in [0.717, 1.165) is 41.6 Å². The lowest BCUT2D eigenvalue weighted by atomic mass is 10.1. The molecule has 2 amide bonds. The molecule has 1 saturated heterocycles. The highest BCUT2D eigenvalue weighted by Gasteiger charge is 2.38. The third kappa shape index (κ3) is 3.52. The molecule has 2 fully saturated rings. The Kier molecular flexibility index (Phi) is 5.13. The Balaban J connectivity index is 1.45. The summed E-state index contributed by atoms with van der Waals surface area (Å²) in [6.07, 6.45) is 6.98. The lowest BCUT2D eigenvalue weighted by Gasteiger charge is -2.23. The van der Waals surface area contributed by atoms with Gasteiger partial charge in [-0.25, -0.2) is 9.97 Å². The van der Waals surface area contributed by atoms with Crippen molar-refractivity contribution in [2.45, 2.75) is 51.6 Å². The second kappa shape index (κ2) is 7.57. The van der Waals surface area contributed by atoms with Crippen molar-refractivity contribution in [2.75, 3.05) is 11.9 Å². The smallest absolute Gasteiger partial charge is 0.320 e. The van der Waals surface area contributed by atoms with Crippen LogP contribution in [0.2, 0.25) is 0 Å². The van der Waals surface area contributed by atoms with Crippen molar-refractivity contribution in [3.63, 3.8) is 0 Å². The molecule has 150 valence electrons. The van der Waals surface area contributed by atoms with Gasteiger partial charge >= 0.3 is 6.55 Å². The number of aromatic nitrogens is 3. The third-order valence-corrected chi connectivity index (χ3v) is 6.47. The van der Waals surface area contributed by atoms with Gasteiger partial charge < -0.3 is 10.2 Å². The molecule has 1 aliphatic heterocycles. The topological polar surface area (TPSA) is 80.1 Å². The number of rotatable bonds is 5. The highest BCUT2D eigenvalue weighted by molar-refractivity contribution is 7.19. The molecule has 0 aromatic carbocycles. The number of hydrogen-bond donors (Lipinski definition) is 1. The summed E-state index contributed by atoms with van der Waals surface area (Å²) in [4.78, 5) is 35.5. The van der Waals surface area contributed by atoms with E-state index in [0.29, 0.717) is 22.2 Å². The highest BCUT2D eigenvalue weighted by Crippen LogP contribution is 2.34. The first kappa shape index (κ1) is 19.0. The van der Waals surface area contributed by atoms with E-state index < -0.39 is 12.5 Å². The van der Waals surface area contributed by atoms with Gasteiger partial charge in [0.2, 0.25) is 11.8 Å². The van der Waals surface area contributed by atoms with Crippen molar-refractivity contribution >= 4 is 28.3 Å². The number of anilines is 1. The Morgan fingerprint density at radius 2 is 2.11 bits per heavy atom. The summed E-state index contributed by atoms with van der Waals surface area (Å²) in [5.41, 5.74) is 0.517. The summed E-state index contributed by atoms with van der Waals surface area (Å²) < 4.78 is 27.0. The molecular formula is C18H21F2N5O2S. The molecule has 4 rings (SSSR count). The summed E-state index contributed by atoms with van der Waals surface area (Å²) in [5.74, 6) is -0.522. The predicted molar refractivity (Wildman–Crippen MR) is 100 cm³/mol. The lowest BCUT2D eigenvalue weighted by Crippen LogP contribution is -2.35. The SMILES string of the molecule is Cc1nc(NC(=O)C2CC(=O)N(C3CCCC3)C2)sc1-c1nccn1C(F)F. The van der Waals surface area contributed by atoms with E-state index in [4.69, 9.17) is 0 Å². The zero-order valence-electron chi connectivity index (χ0n) is 15.4. The van der Waals surface area contributed by atoms with Crippen molar-refractivity contribution in [2.24, 2.45) is 5.92 Å². The number of nitrogens with one attached hydrogen (secondary N) is 1. The maximum absolute atomic E-state index is 13.1. The normalized spacial score (nSPS) is 20.5. The van der Waals surface area contributed by atoms with Crippen LogP contribution >= 0.6 is 11.3 Å². The Morgan fingerprint density at radius 3 is 2.82 bits per heavy atom. The number of amides is 2. The van der Waals surface area contributed by atoms with Gasteiger partial charge in [0.05, 0.1) is 16.5 Å². The number of halogens is 2. The molecule has 28 heavy (non-hydrogen) atoms. The Morgan fingerprint density at radius 1 is 1.36 bits per heavy atom. The van der Waals surface area contributed by atoms with Crippen LogP contribution in [0.3, 0.4) is 0 Å². The van der Waals surface area contributed by atoms with Gasteiger partial charge in [-0.15, -0.1) is 0 Å². The van der Waals surface area contributed by atoms with E-state index in [2.05, 4.69) is 15.3 Å². The van der Waals surface area contributed by atoms with Crippen molar-refractivity contribution in [1.29, 1.82) is 0 Å². The number of nitrogens with zero attached hydrogens (tertiary/aromatic N) is 4. The lowest BCUT2D eigenvalue weighted by molar-refractivity contribution is -0.129. The summed E-state index contributed by atoms with van der Waals surface area (Å²) >= 11 is 1.10. The summed E-state index contributed by atoms with van der Waals surface area (Å²) in [7, 11) is 0. The average Bonchev–Trinajstić information content (AvgIpc) is 3.40. The zero-order chi connectivity index (χ0) is 19.8. The predicted octanol–water partition coefficient (Wildman–Crippen LogP) is 3.44. The molecule has 0 bridgehead atoms. The minimum absolute atomic E-state index is 0.0296. The molecule has 2 aromatic rings. The van der Waals surface area contributed by atoms with Crippen molar-refractivity contribution in [3.8, 4) is 10.7 Å². The fourth-order valence-corrected chi connectivity index (χ4v) is 4.96. The van der Waals surface area contributed by atoms with Gasteiger partial charge in [-0.2, -0.15) is 8.78 Å². The molecule has 3 heterocycles. The zero-order valence-corrected chi connectivity index (χ0v) is 16.2. The summed E-state index contributed by atoms with van der Waals surface area (Å²) in [6.45, 7) is -0.585. The number of carbonyl (C=O) groups excluding carboxylic acids is 2. The van der Waals surface area contributed by atoms with Crippen LogP contribution in [0.4, 0.5) is 13.9 Å². The molecule has 0 spiro atoms. The molecule has 2 aliphatic rings. The summed E-state index contributed by atoms with van der Waals surface area (Å²) in [5, 5.41) is 3.08. The first-order chi connectivity index (χ1) is 13.4. The van der Waals surface area contributed by atoms with E-state index in [1.165, 1.54) is 12.4 Å². The second-order valence-electron chi connectivity index (χ2n) is 7.24. The van der Waals surface area contributed by atoms with Gasteiger partial charge in [0.25, 0.3) is 0 Å². The standard InChI is InChI=1S/C18H21F2N5O2S/c1-10-14(15-21-6-7-24(15)17(19)20)28-18(22-10)23-16(27)11-8-13(26)25(9-11)12-4-2-3-5-12/h6-7,11-12,17H,2-5,8-9H2,1H3,(H,22,23,27). The molecular weight excluding hydrogens is 388 g/mol.